The van der Waals surface area contributed by atoms with Crippen molar-refractivity contribution in [1.82, 2.24) is 9.21 Å². The third-order valence-corrected chi connectivity index (χ3v) is 7.44. The Labute approximate surface area is 162 Å². The topological polar surface area (TPSA) is 57.7 Å². The van der Waals surface area contributed by atoms with Crippen LogP contribution in [0.2, 0.25) is 0 Å². The molecule has 1 aliphatic carbocycles. The van der Waals surface area contributed by atoms with Crippen LogP contribution < -0.4 is 0 Å². The van der Waals surface area contributed by atoms with E-state index in [0.29, 0.717) is 6.07 Å². The van der Waals surface area contributed by atoms with E-state index in [0.717, 1.165) is 34.8 Å². The molecule has 2 aromatic carbocycles. The molecule has 0 radical (unpaired) electrons. The standard InChI is InChI=1S/C20H20F2N2O3S/c21-16-6-7-17(22)18(14-16)28(26,27)24-12-10-23(11-13-24)19(25)20(8-9-20)15-4-2-1-3-5-15/h1-7,14H,8-13H2. The largest absolute Gasteiger partial charge is 0.339 e. The number of hydrogen-bond acceptors (Lipinski definition) is 3. The molecule has 0 spiro atoms. The number of hydrogen-bond donors (Lipinski definition) is 0. The van der Waals surface area contributed by atoms with Gasteiger partial charge in [0.25, 0.3) is 0 Å². The molecular weight excluding hydrogens is 386 g/mol. The number of sulfonamides is 1. The molecule has 2 fully saturated rings. The van der Waals surface area contributed by atoms with Gasteiger partial charge in [-0.1, -0.05) is 30.3 Å². The van der Waals surface area contributed by atoms with Gasteiger partial charge < -0.3 is 4.90 Å². The first-order valence-electron chi connectivity index (χ1n) is 9.15. The summed E-state index contributed by atoms with van der Waals surface area (Å²) in [5.41, 5.74) is 0.480. The Hall–Kier alpha value is -2.32. The Balaban J connectivity index is 1.48. The number of carbonyl (C=O) groups is 1. The summed E-state index contributed by atoms with van der Waals surface area (Å²) in [5.74, 6) is -1.79. The molecule has 8 heteroatoms. The van der Waals surface area contributed by atoms with Gasteiger partial charge in [-0.25, -0.2) is 17.2 Å². The number of carbonyl (C=O) groups excluding carboxylic acids is 1. The summed E-state index contributed by atoms with van der Waals surface area (Å²) in [7, 11) is -4.16. The Morgan fingerprint density at radius 1 is 0.929 bits per heavy atom. The number of amides is 1. The fourth-order valence-electron chi connectivity index (χ4n) is 3.76. The second kappa shape index (κ2) is 6.93. The Morgan fingerprint density at radius 3 is 2.18 bits per heavy atom. The van der Waals surface area contributed by atoms with Crippen molar-refractivity contribution in [2.24, 2.45) is 0 Å². The zero-order valence-electron chi connectivity index (χ0n) is 15.1. The Bertz CT molecular complexity index is 999. The maximum Gasteiger partial charge on any atom is 0.246 e. The average molecular weight is 406 g/mol. The van der Waals surface area contributed by atoms with Crippen molar-refractivity contribution in [3.05, 3.63) is 65.7 Å². The van der Waals surface area contributed by atoms with Crippen molar-refractivity contribution < 1.29 is 22.0 Å². The van der Waals surface area contributed by atoms with Crippen molar-refractivity contribution in [3.63, 3.8) is 0 Å². The van der Waals surface area contributed by atoms with E-state index in [-0.39, 0.29) is 32.1 Å². The average Bonchev–Trinajstić information content (AvgIpc) is 3.52. The van der Waals surface area contributed by atoms with Crippen molar-refractivity contribution in [1.29, 1.82) is 0 Å². The van der Waals surface area contributed by atoms with E-state index in [4.69, 9.17) is 0 Å². The third-order valence-electron chi connectivity index (χ3n) is 5.52. The molecule has 1 aliphatic heterocycles. The van der Waals surface area contributed by atoms with Crippen LogP contribution in [0.4, 0.5) is 8.78 Å². The van der Waals surface area contributed by atoms with Gasteiger partial charge in [-0.15, -0.1) is 0 Å². The number of rotatable bonds is 4. The van der Waals surface area contributed by atoms with Crippen LogP contribution in [0.25, 0.3) is 0 Å². The molecule has 2 aromatic rings. The van der Waals surface area contributed by atoms with Gasteiger partial charge in [0.1, 0.15) is 16.5 Å². The smallest absolute Gasteiger partial charge is 0.246 e. The molecule has 0 unspecified atom stereocenters. The second-order valence-electron chi connectivity index (χ2n) is 7.22. The van der Waals surface area contributed by atoms with E-state index in [2.05, 4.69) is 0 Å². The van der Waals surface area contributed by atoms with Gasteiger partial charge in [0.15, 0.2) is 0 Å². The molecule has 0 N–H and O–H groups in total. The van der Waals surface area contributed by atoms with Gasteiger partial charge in [0, 0.05) is 26.2 Å². The highest BCUT2D eigenvalue weighted by molar-refractivity contribution is 7.89. The van der Waals surface area contributed by atoms with Gasteiger partial charge in [-0.2, -0.15) is 4.31 Å². The highest BCUT2D eigenvalue weighted by Gasteiger charge is 2.53. The van der Waals surface area contributed by atoms with Crippen LogP contribution in [-0.4, -0.2) is 49.7 Å². The van der Waals surface area contributed by atoms with E-state index in [9.17, 15) is 22.0 Å². The molecule has 1 saturated heterocycles. The minimum absolute atomic E-state index is 0.00711. The summed E-state index contributed by atoms with van der Waals surface area (Å²) in [4.78, 5) is 14.1. The van der Waals surface area contributed by atoms with Gasteiger partial charge in [-0.05, 0) is 36.6 Å². The summed E-state index contributed by atoms with van der Waals surface area (Å²) in [5, 5.41) is 0. The Morgan fingerprint density at radius 2 is 1.57 bits per heavy atom. The van der Waals surface area contributed by atoms with Gasteiger partial charge >= 0.3 is 0 Å². The highest BCUT2D eigenvalue weighted by atomic mass is 32.2. The van der Waals surface area contributed by atoms with E-state index >= 15 is 0 Å². The second-order valence-corrected chi connectivity index (χ2v) is 9.13. The number of piperazine rings is 1. The first kappa shape index (κ1) is 19.0. The molecular formula is C20H20F2N2O3S. The summed E-state index contributed by atoms with van der Waals surface area (Å²) in [6.07, 6.45) is 1.56. The fourth-order valence-corrected chi connectivity index (χ4v) is 5.25. The monoisotopic (exact) mass is 406 g/mol. The van der Waals surface area contributed by atoms with Crippen LogP contribution in [0, 0.1) is 11.6 Å². The van der Waals surface area contributed by atoms with E-state index in [1.54, 1.807) is 4.90 Å². The van der Waals surface area contributed by atoms with E-state index < -0.39 is 32.0 Å². The van der Waals surface area contributed by atoms with Crippen molar-refractivity contribution in [3.8, 4) is 0 Å². The molecule has 0 atom stereocenters. The van der Waals surface area contributed by atoms with Gasteiger partial charge in [0.05, 0.1) is 5.41 Å². The first-order valence-corrected chi connectivity index (χ1v) is 10.6. The van der Waals surface area contributed by atoms with Crippen molar-refractivity contribution >= 4 is 15.9 Å². The van der Waals surface area contributed by atoms with Crippen LogP contribution in [0.3, 0.4) is 0 Å². The van der Waals surface area contributed by atoms with E-state index in [1.165, 1.54) is 0 Å². The van der Waals surface area contributed by atoms with Crippen molar-refractivity contribution in [2.45, 2.75) is 23.2 Å². The lowest BCUT2D eigenvalue weighted by Crippen LogP contribution is -2.53. The van der Waals surface area contributed by atoms with Gasteiger partial charge in [-0.3, -0.25) is 4.79 Å². The maximum absolute atomic E-state index is 13.9. The highest BCUT2D eigenvalue weighted by Crippen LogP contribution is 2.49. The lowest BCUT2D eigenvalue weighted by Gasteiger charge is -2.36. The minimum Gasteiger partial charge on any atom is -0.339 e. The molecule has 1 heterocycles. The summed E-state index contributed by atoms with van der Waals surface area (Å²) < 4.78 is 53.8. The molecule has 2 aliphatic rings. The Kier molecular flexibility index (Phi) is 4.71. The molecule has 1 saturated carbocycles. The SMILES string of the molecule is O=C(N1CCN(S(=O)(=O)c2cc(F)ccc2F)CC1)C1(c2ccccc2)CC1. The number of benzene rings is 2. The van der Waals surface area contributed by atoms with Crippen LogP contribution in [0.1, 0.15) is 18.4 Å². The molecule has 0 aromatic heterocycles. The van der Waals surface area contributed by atoms with Crippen LogP contribution in [0.5, 0.6) is 0 Å². The van der Waals surface area contributed by atoms with Crippen LogP contribution >= 0.6 is 0 Å². The summed E-state index contributed by atoms with van der Waals surface area (Å²) in [6.45, 7) is 0.553. The van der Waals surface area contributed by atoms with Crippen LogP contribution in [-0.2, 0) is 20.2 Å². The van der Waals surface area contributed by atoms with Crippen molar-refractivity contribution in [2.75, 3.05) is 26.2 Å². The van der Waals surface area contributed by atoms with E-state index in [1.807, 2.05) is 30.3 Å². The summed E-state index contributed by atoms with van der Waals surface area (Å²) >= 11 is 0. The molecule has 5 nitrogen and oxygen atoms in total. The molecule has 4 rings (SSSR count). The molecule has 28 heavy (non-hydrogen) atoms. The third kappa shape index (κ3) is 3.20. The predicted molar refractivity (Wildman–Crippen MR) is 99.1 cm³/mol. The predicted octanol–water partition coefficient (Wildman–Crippen LogP) is 2.53. The van der Waals surface area contributed by atoms with Crippen LogP contribution in [0.15, 0.2) is 53.4 Å². The lowest BCUT2D eigenvalue weighted by molar-refractivity contribution is -0.135. The van der Waals surface area contributed by atoms with Gasteiger partial charge in [0.2, 0.25) is 15.9 Å². The first-order chi connectivity index (χ1) is 13.3. The zero-order valence-corrected chi connectivity index (χ0v) is 16.0. The molecule has 1 amide bonds. The minimum atomic E-state index is -4.16. The summed E-state index contributed by atoms with van der Waals surface area (Å²) in [6, 6.07) is 12.0. The number of halogens is 2. The quantitative estimate of drug-likeness (QED) is 0.784. The molecule has 148 valence electrons. The lowest BCUT2D eigenvalue weighted by atomic mass is 9.94. The maximum atomic E-state index is 13.9. The zero-order chi connectivity index (χ0) is 19.9. The fraction of sp³-hybridized carbons (Fsp3) is 0.350. The normalized spacial score (nSPS) is 19.4. The molecule has 0 bridgehead atoms. The number of nitrogens with zero attached hydrogens (tertiary/aromatic N) is 2.